The van der Waals surface area contributed by atoms with E-state index in [-0.39, 0.29) is 0 Å². The van der Waals surface area contributed by atoms with Crippen LogP contribution in [-0.4, -0.2) is 29.5 Å². The first-order valence-corrected chi connectivity index (χ1v) is 15.2. The van der Waals surface area contributed by atoms with Crippen molar-refractivity contribution in [1.82, 2.24) is 29.5 Å². The van der Waals surface area contributed by atoms with Gasteiger partial charge in [0.05, 0.1) is 11.4 Å². The summed E-state index contributed by atoms with van der Waals surface area (Å²) >= 11 is 0. The van der Waals surface area contributed by atoms with Crippen LogP contribution in [0.2, 0.25) is 0 Å². The maximum absolute atomic E-state index is 4.46. The minimum Gasteiger partial charge on any atom is -0.275 e. The van der Waals surface area contributed by atoms with Gasteiger partial charge in [-0.25, -0.2) is 0 Å². The van der Waals surface area contributed by atoms with E-state index in [9.17, 15) is 0 Å². The Bertz CT molecular complexity index is 1680. The van der Waals surface area contributed by atoms with Gasteiger partial charge < -0.3 is 0 Å². The Morgan fingerprint density at radius 3 is 1.37 bits per heavy atom. The molecule has 0 bridgehead atoms. The quantitative estimate of drug-likeness (QED) is 0.196. The minimum absolute atomic E-state index is 0.694. The summed E-state index contributed by atoms with van der Waals surface area (Å²) in [6.07, 6.45) is 8.74. The van der Waals surface area contributed by atoms with E-state index < -0.39 is 0 Å². The van der Waals surface area contributed by atoms with Gasteiger partial charge in [-0.3, -0.25) is 9.13 Å². The molecule has 2 aromatic heterocycles. The predicted molar refractivity (Wildman–Crippen MR) is 153 cm³/mol. The Morgan fingerprint density at radius 1 is 0.526 bits per heavy atom. The lowest BCUT2D eigenvalue weighted by Gasteiger charge is -2.14. The van der Waals surface area contributed by atoms with Gasteiger partial charge >= 0.3 is 0 Å². The van der Waals surface area contributed by atoms with Crippen molar-refractivity contribution in [2.24, 2.45) is 0 Å². The lowest BCUT2D eigenvalue weighted by molar-refractivity contribution is 0.887. The monoisotopic (exact) mass is 532 g/mol. The van der Waals surface area contributed by atoms with E-state index in [1.807, 2.05) is 0 Å². The van der Waals surface area contributed by atoms with Crippen LogP contribution in [0.4, 0.5) is 0 Å². The van der Waals surface area contributed by atoms with Crippen LogP contribution in [0.5, 0.6) is 0 Å². The number of benzene rings is 4. The van der Waals surface area contributed by atoms with Crippen molar-refractivity contribution in [1.29, 1.82) is 0 Å². The fourth-order valence-electron chi connectivity index (χ4n) is 5.50. The zero-order valence-corrected chi connectivity index (χ0v) is 22.2. The van der Waals surface area contributed by atoms with Crippen molar-refractivity contribution in [2.75, 3.05) is 0 Å². The third kappa shape index (κ3) is 3.82. The first kappa shape index (κ1) is 22.4. The van der Waals surface area contributed by atoms with Gasteiger partial charge in [0.15, 0.2) is 0 Å². The lowest BCUT2D eigenvalue weighted by Crippen LogP contribution is -1.99. The van der Waals surface area contributed by atoms with Crippen LogP contribution in [0.1, 0.15) is 48.6 Å². The van der Waals surface area contributed by atoms with Crippen LogP contribution < -0.4 is 0 Å². The van der Waals surface area contributed by atoms with Gasteiger partial charge in [-0.2, -0.15) is 0 Å². The highest BCUT2D eigenvalue weighted by molar-refractivity contribution is 8.76. The summed E-state index contributed by atoms with van der Waals surface area (Å²) in [6, 6.07) is 26.3. The summed E-state index contributed by atoms with van der Waals surface area (Å²) < 4.78 is 4.16. The molecule has 0 radical (unpaired) electrons. The molecule has 2 aliphatic rings. The number of rotatable bonds is 7. The number of fused-ring (bicyclic) bond motifs is 2. The largest absolute Gasteiger partial charge is 0.275 e. The molecule has 38 heavy (non-hydrogen) atoms. The highest BCUT2D eigenvalue weighted by Gasteiger charge is 2.27. The van der Waals surface area contributed by atoms with Crippen molar-refractivity contribution < 1.29 is 0 Å². The number of hydrogen-bond acceptors (Lipinski definition) is 6. The fraction of sp³-hybridized carbons (Fsp3) is 0.200. The molecule has 0 atom stereocenters. The van der Waals surface area contributed by atoms with Crippen molar-refractivity contribution >= 4 is 43.1 Å². The molecular weight excluding hydrogens is 509 g/mol. The molecule has 8 rings (SSSR count). The molecule has 2 saturated carbocycles. The molecule has 2 aliphatic carbocycles. The average Bonchev–Trinajstić information content (AvgIpc) is 3.89. The number of nitrogens with zero attached hydrogens (tertiary/aromatic N) is 6. The van der Waals surface area contributed by atoms with E-state index >= 15 is 0 Å². The first-order chi connectivity index (χ1) is 18.8. The number of hydrogen-bond donors (Lipinski definition) is 0. The van der Waals surface area contributed by atoms with Gasteiger partial charge in [0.25, 0.3) is 0 Å². The van der Waals surface area contributed by atoms with Gasteiger partial charge in [0.2, 0.25) is 10.3 Å². The molecule has 6 aromatic rings. The van der Waals surface area contributed by atoms with Gasteiger partial charge in [-0.15, -0.1) is 20.4 Å². The van der Waals surface area contributed by atoms with Crippen LogP contribution in [0.25, 0.3) is 32.9 Å². The standard InChI is InChI=1S/C30H24N6S2/c1-3-7-25-23(5-1)21(19-9-10-19)13-15-27(25)35-17-31-33-29(35)37-38-30-34-32-18-36(30)28-16-14-22(20-11-12-20)24-6-2-4-8-26(24)28/h1-8,13-20H,9-12H2. The summed E-state index contributed by atoms with van der Waals surface area (Å²) in [5, 5.41) is 24.2. The molecule has 0 N–H and O–H groups in total. The predicted octanol–water partition coefficient (Wildman–Crippen LogP) is 7.71. The van der Waals surface area contributed by atoms with E-state index in [2.05, 4.69) is 102 Å². The second-order valence-electron chi connectivity index (χ2n) is 10.1. The molecule has 4 aromatic carbocycles. The Balaban J connectivity index is 1.13. The highest BCUT2D eigenvalue weighted by Crippen LogP contribution is 2.46. The molecular formula is C30H24N6S2. The first-order valence-electron chi connectivity index (χ1n) is 13.0. The molecule has 2 fully saturated rings. The molecule has 6 nitrogen and oxygen atoms in total. The number of aromatic nitrogens is 6. The van der Waals surface area contributed by atoms with E-state index in [4.69, 9.17) is 0 Å². The van der Waals surface area contributed by atoms with Crippen LogP contribution in [0.15, 0.2) is 95.8 Å². The maximum Gasteiger partial charge on any atom is 0.206 e. The summed E-state index contributed by atoms with van der Waals surface area (Å²) in [5.74, 6) is 1.39. The third-order valence-electron chi connectivity index (χ3n) is 7.65. The molecule has 0 aliphatic heterocycles. The molecule has 0 spiro atoms. The van der Waals surface area contributed by atoms with Crippen molar-refractivity contribution in [3.63, 3.8) is 0 Å². The zero-order valence-electron chi connectivity index (χ0n) is 20.6. The van der Waals surface area contributed by atoms with Crippen molar-refractivity contribution in [3.8, 4) is 11.4 Å². The van der Waals surface area contributed by atoms with Crippen molar-refractivity contribution in [2.45, 2.75) is 47.8 Å². The topological polar surface area (TPSA) is 61.4 Å². The average molecular weight is 533 g/mol. The van der Waals surface area contributed by atoms with Crippen LogP contribution >= 0.6 is 21.6 Å². The molecule has 0 unspecified atom stereocenters. The Hall–Kier alpha value is -3.62. The van der Waals surface area contributed by atoms with Gasteiger partial charge in [0, 0.05) is 10.8 Å². The van der Waals surface area contributed by atoms with Gasteiger partial charge in [-0.05, 0) is 93.1 Å². The SMILES string of the molecule is c1ccc2c(-n3cnnc3SSc3nncn3-c3ccc(C4CC4)c4ccccc34)ccc(C3CC3)c2c1. The minimum atomic E-state index is 0.694. The summed E-state index contributed by atoms with van der Waals surface area (Å²) in [6.45, 7) is 0. The molecule has 186 valence electrons. The van der Waals surface area contributed by atoms with Gasteiger partial charge in [0.1, 0.15) is 12.7 Å². The molecule has 0 amide bonds. The Kier molecular flexibility index (Phi) is 5.29. The van der Waals surface area contributed by atoms with Crippen LogP contribution in [0, 0.1) is 0 Å². The normalized spacial score (nSPS) is 15.5. The highest BCUT2D eigenvalue weighted by atomic mass is 33.1. The zero-order chi connectivity index (χ0) is 25.1. The van der Waals surface area contributed by atoms with Crippen molar-refractivity contribution in [3.05, 3.63) is 96.6 Å². The molecule has 2 heterocycles. The summed E-state index contributed by atoms with van der Waals surface area (Å²) in [7, 11) is 3.11. The lowest BCUT2D eigenvalue weighted by atomic mass is 9.99. The van der Waals surface area contributed by atoms with E-state index in [0.29, 0.717) is 11.8 Å². The molecule has 8 heteroatoms. The summed E-state index contributed by atoms with van der Waals surface area (Å²) in [5.41, 5.74) is 5.10. The van der Waals surface area contributed by atoms with Gasteiger partial charge in [-0.1, -0.05) is 60.7 Å². The smallest absolute Gasteiger partial charge is 0.206 e. The molecule has 0 saturated heterocycles. The Morgan fingerprint density at radius 2 is 0.947 bits per heavy atom. The fourth-order valence-corrected chi connectivity index (χ4v) is 7.39. The van der Waals surface area contributed by atoms with Crippen LogP contribution in [-0.2, 0) is 0 Å². The second-order valence-corrected chi connectivity index (χ2v) is 12.2. The van der Waals surface area contributed by atoms with E-state index in [1.54, 1.807) is 34.2 Å². The maximum atomic E-state index is 4.46. The van der Waals surface area contributed by atoms with E-state index in [1.165, 1.54) is 58.4 Å². The van der Waals surface area contributed by atoms with Crippen LogP contribution in [0.3, 0.4) is 0 Å². The second kappa shape index (κ2) is 8.99. The summed E-state index contributed by atoms with van der Waals surface area (Å²) in [4.78, 5) is 0. The Labute approximate surface area is 227 Å². The van der Waals surface area contributed by atoms with E-state index in [0.717, 1.165) is 21.7 Å². The third-order valence-corrected chi connectivity index (χ3v) is 9.73.